The molecular formula is C20F15P. The Hall–Kier alpha value is -3.40. The van der Waals surface area contributed by atoms with Crippen LogP contribution >= 0.6 is 7.92 Å². The zero-order valence-corrected chi connectivity index (χ0v) is 17.0. The third kappa shape index (κ3) is 4.03. The highest BCUT2D eigenvalue weighted by molar-refractivity contribution is 7.77. The molecule has 0 aliphatic heterocycles. The maximum Gasteiger partial charge on any atom is 0.200 e. The van der Waals surface area contributed by atoms with Gasteiger partial charge in [-0.1, -0.05) is 11.6 Å². The van der Waals surface area contributed by atoms with E-state index in [0.717, 1.165) is 11.6 Å². The molecule has 16 heteroatoms. The normalized spacial score (nSPS) is 11.2. The van der Waals surface area contributed by atoms with E-state index in [4.69, 9.17) is 0 Å². The Balaban J connectivity index is 2.50. The number of rotatable bonds is 2. The van der Waals surface area contributed by atoms with Gasteiger partial charge >= 0.3 is 0 Å². The van der Waals surface area contributed by atoms with E-state index in [0.29, 0.717) is 0 Å². The van der Waals surface area contributed by atoms with Gasteiger partial charge in [0.25, 0.3) is 0 Å². The highest BCUT2D eigenvalue weighted by atomic mass is 31.1. The summed E-state index contributed by atoms with van der Waals surface area (Å²) in [5.74, 6) is -40.7. The van der Waals surface area contributed by atoms with Crippen molar-refractivity contribution in [1.82, 2.24) is 0 Å². The Labute approximate surface area is 189 Å². The Bertz CT molecular complexity index is 1350. The van der Waals surface area contributed by atoms with E-state index < -0.39 is 111 Å². The van der Waals surface area contributed by atoms with Gasteiger partial charge in [0.15, 0.2) is 69.8 Å². The van der Waals surface area contributed by atoms with E-state index in [1.165, 1.54) is 0 Å². The highest BCUT2D eigenvalue weighted by Gasteiger charge is 2.37. The van der Waals surface area contributed by atoms with Crippen molar-refractivity contribution in [3.63, 3.8) is 0 Å². The molecule has 0 aromatic heterocycles. The van der Waals surface area contributed by atoms with E-state index >= 15 is 0 Å². The fourth-order valence-corrected chi connectivity index (χ4v) is 4.48. The van der Waals surface area contributed by atoms with Crippen LogP contribution in [0.1, 0.15) is 5.56 Å². The first-order valence-corrected chi connectivity index (χ1v) is 9.85. The van der Waals surface area contributed by atoms with Gasteiger partial charge in [0.2, 0.25) is 17.5 Å². The maximum absolute atomic E-state index is 14.4. The van der Waals surface area contributed by atoms with Gasteiger partial charge in [0, 0.05) is 7.92 Å². The molecule has 3 rings (SSSR count). The lowest BCUT2D eigenvalue weighted by Gasteiger charge is -2.17. The summed E-state index contributed by atoms with van der Waals surface area (Å²) in [6, 6.07) is 0. The van der Waals surface area contributed by atoms with Crippen molar-refractivity contribution in [2.45, 2.75) is 0 Å². The highest BCUT2D eigenvalue weighted by Crippen LogP contribution is 2.40. The molecule has 0 N–H and O–H groups in total. The largest absolute Gasteiger partial charge is 0.203 e. The van der Waals surface area contributed by atoms with Gasteiger partial charge in [-0.3, -0.25) is 0 Å². The minimum atomic E-state index is -4.33. The topological polar surface area (TPSA) is 0 Å². The van der Waals surface area contributed by atoms with Crippen molar-refractivity contribution in [2.75, 3.05) is 0 Å². The summed E-state index contributed by atoms with van der Waals surface area (Å²) >= 11 is 0. The molecule has 0 aliphatic carbocycles. The molecule has 0 amide bonds. The second-order valence-electron chi connectivity index (χ2n) is 6.35. The molecule has 0 fully saturated rings. The van der Waals surface area contributed by atoms with Gasteiger partial charge in [0.05, 0.1) is 10.6 Å². The van der Waals surface area contributed by atoms with Crippen LogP contribution in [0.25, 0.3) is 0 Å². The molecule has 0 saturated heterocycles. The SMILES string of the molecule is Fc1c(F)c(F)c(C#CP(c2c(F)c(F)c(F)c(F)c2F)c2c(F)c(F)c(F)c(F)c2F)c(F)c1F. The number of benzene rings is 3. The standard InChI is InChI=1S/C20F15P/c21-4-3(5(22)7(24)8(25)6(4)23)1-2-36(19-15(32)11(28)9(26)12(29)16(19)33)20-17(34)13(30)10(27)14(31)18(20)35. The van der Waals surface area contributed by atoms with Crippen LogP contribution in [-0.2, 0) is 0 Å². The van der Waals surface area contributed by atoms with Crippen LogP contribution in [0.2, 0.25) is 0 Å². The van der Waals surface area contributed by atoms with Crippen molar-refractivity contribution in [1.29, 1.82) is 0 Å². The Morgan fingerprint density at radius 2 is 0.528 bits per heavy atom. The lowest BCUT2D eigenvalue weighted by atomic mass is 10.2. The molecule has 0 spiro atoms. The van der Waals surface area contributed by atoms with Crippen LogP contribution < -0.4 is 10.6 Å². The molecule has 0 atom stereocenters. The fraction of sp³-hybridized carbons (Fsp3) is 0. The van der Waals surface area contributed by atoms with Gasteiger partial charge < -0.3 is 0 Å². The molecule has 190 valence electrons. The predicted molar refractivity (Wildman–Crippen MR) is 91.8 cm³/mol. The molecule has 0 heterocycles. The van der Waals surface area contributed by atoms with Crippen LogP contribution in [0.15, 0.2) is 0 Å². The van der Waals surface area contributed by atoms with E-state index in [2.05, 4.69) is 0 Å². The minimum Gasteiger partial charge on any atom is -0.203 e. The second kappa shape index (κ2) is 9.57. The van der Waals surface area contributed by atoms with E-state index in [1.54, 1.807) is 0 Å². The lowest BCUT2D eigenvalue weighted by Crippen LogP contribution is -2.28. The summed E-state index contributed by atoms with van der Waals surface area (Å²) in [5, 5.41) is -4.61. The molecule has 3 aromatic carbocycles. The first-order valence-electron chi connectivity index (χ1n) is 8.51. The molecule has 0 aliphatic rings. The molecule has 0 bridgehead atoms. The molecule has 36 heavy (non-hydrogen) atoms. The first-order chi connectivity index (χ1) is 16.6. The zero-order valence-electron chi connectivity index (χ0n) is 16.1. The predicted octanol–water partition coefficient (Wildman–Crippen LogP) is 6.22. The molecule has 0 radical (unpaired) electrons. The Morgan fingerprint density at radius 3 is 0.806 bits per heavy atom. The Kier molecular flexibility index (Phi) is 7.23. The van der Waals surface area contributed by atoms with Crippen LogP contribution in [0.3, 0.4) is 0 Å². The van der Waals surface area contributed by atoms with Gasteiger partial charge in [-0.05, 0) is 0 Å². The monoisotopic (exact) mass is 556 g/mol. The van der Waals surface area contributed by atoms with Crippen molar-refractivity contribution in [3.8, 4) is 11.6 Å². The summed E-state index contributed by atoms with van der Waals surface area (Å²) in [5.41, 5.74) is -0.976. The van der Waals surface area contributed by atoms with Crippen LogP contribution in [0.4, 0.5) is 65.9 Å². The summed E-state index contributed by atoms with van der Waals surface area (Å²) in [4.78, 5) is 0. The van der Waals surface area contributed by atoms with Crippen molar-refractivity contribution in [2.24, 2.45) is 0 Å². The average molecular weight is 556 g/mol. The van der Waals surface area contributed by atoms with E-state index in [1.807, 2.05) is 0 Å². The van der Waals surface area contributed by atoms with Gasteiger partial charge in [-0.25, -0.2) is 65.9 Å². The summed E-state index contributed by atoms with van der Waals surface area (Å²) in [7, 11) is -4.33. The van der Waals surface area contributed by atoms with Crippen molar-refractivity contribution in [3.05, 3.63) is 92.8 Å². The zero-order chi connectivity index (χ0) is 27.4. The van der Waals surface area contributed by atoms with E-state index in [9.17, 15) is 65.9 Å². The van der Waals surface area contributed by atoms with Crippen LogP contribution in [0.5, 0.6) is 0 Å². The third-order valence-corrected chi connectivity index (χ3v) is 6.34. The van der Waals surface area contributed by atoms with Gasteiger partial charge in [0.1, 0.15) is 5.56 Å². The third-order valence-electron chi connectivity index (χ3n) is 4.32. The molecule has 0 unspecified atom stereocenters. The van der Waals surface area contributed by atoms with Crippen LogP contribution in [-0.4, -0.2) is 0 Å². The number of halogens is 15. The quantitative estimate of drug-likeness (QED) is 0.116. The van der Waals surface area contributed by atoms with Crippen LogP contribution in [0, 0.1) is 98.8 Å². The maximum atomic E-state index is 14.4. The molecule has 0 saturated carbocycles. The second-order valence-corrected chi connectivity index (χ2v) is 8.14. The summed E-state index contributed by atoms with van der Waals surface area (Å²) in [6.07, 6.45) is 0. The van der Waals surface area contributed by atoms with Gasteiger partial charge in [-0.2, -0.15) is 0 Å². The lowest BCUT2D eigenvalue weighted by molar-refractivity contribution is 0.376. The smallest absolute Gasteiger partial charge is 0.200 e. The molecule has 3 aromatic rings. The van der Waals surface area contributed by atoms with Crippen molar-refractivity contribution >= 4 is 18.5 Å². The Morgan fingerprint density at radius 1 is 0.306 bits per heavy atom. The molecular weight excluding hydrogens is 556 g/mol. The minimum absolute atomic E-state index is 1.04. The average Bonchev–Trinajstić information content (AvgIpc) is 2.85. The number of hydrogen-bond acceptors (Lipinski definition) is 0. The number of hydrogen-bond donors (Lipinski definition) is 0. The van der Waals surface area contributed by atoms with Crippen molar-refractivity contribution < 1.29 is 65.9 Å². The summed E-state index contributed by atoms with van der Waals surface area (Å²) in [6.45, 7) is 0. The first kappa shape index (κ1) is 27.2. The van der Waals surface area contributed by atoms with E-state index in [-0.39, 0.29) is 0 Å². The van der Waals surface area contributed by atoms with Gasteiger partial charge in [-0.15, -0.1) is 0 Å². The molecule has 0 nitrogen and oxygen atoms in total. The fourth-order valence-electron chi connectivity index (χ4n) is 2.63. The summed E-state index contributed by atoms with van der Waals surface area (Å²) < 4.78 is 207.